The van der Waals surface area contributed by atoms with Gasteiger partial charge in [0.1, 0.15) is 0 Å². The van der Waals surface area contributed by atoms with Crippen LogP contribution in [0.5, 0.6) is 0 Å². The molecule has 0 aromatic heterocycles. The Kier molecular flexibility index (Phi) is 7.49. The highest BCUT2D eigenvalue weighted by atomic mass is 35.5. The quantitative estimate of drug-likeness (QED) is 0.698. The van der Waals surface area contributed by atoms with E-state index in [0.29, 0.717) is 11.6 Å². The van der Waals surface area contributed by atoms with E-state index in [-0.39, 0.29) is 25.2 Å². The molecule has 120 valence electrons. The zero-order valence-corrected chi connectivity index (χ0v) is 13.0. The van der Waals surface area contributed by atoms with Gasteiger partial charge < -0.3 is 10.1 Å². The summed E-state index contributed by atoms with van der Waals surface area (Å²) in [6.45, 7) is 4.63. The lowest BCUT2D eigenvalue weighted by Crippen LogP contribution is -2.29. The molecule has 21 heavy (non-hydrogen) atoms. The molecular weight excluding hydrogens is 303 g/mol. The molecule has 0 aliphatic rings. The summed E-state index contributed by atoms with van der Waals surface area (Å²) in [6.07, 6.45) is -5.26. The smallest absolute Gasteiger partial charge is 0.372 e. The normalized spacial score (nSPS) is 13.7. The molecule has 0 saturated carbocycles. The van der Waals surface area contributed by atoms with Gasteiger partial charge in [-0.05, 0) is 24.1 Å². The predicted molar refractivity (Wildman–Crippen MR) is 78.6 cm³/mol. The van der Waals surface area contributed by atoms with Crippen LogP contribution in [-0.2, 0) is 4.74 Å². The molecule has 6 heteroatoms. The highest BCUT2D eigenvalue weighted by molar-refractivity contribution is 6.30. The minimum atomic E-state index is -4.13. The van der Waals surface area contributed by atoms with E-state index in [0.717, 1.165) is 5.56 Å². The van der Waals surface area contributed by atoms with Crippen molar-refractivity contribution in [3.63, 3.8) is 0 Å². The standard InChI is InChI=1S/C15H21ClF3NO/c1-11(2)20-10-14(12-4-6-13(16)7-5-12)21-9-3-8-15(17,18)19/h4-7,11,14,20H,3,8-10H2,1-2H3. The first-order valence-corrected chi connectivity index (χ1v) is 7.33. The summed E-state index contributed by atoms with van der Waals surface area (Å²) in [5, 5.41) is 3.85. The van der Waals surface area contributed by atoms with Gasteiger partial charge >= 0.3 is 6.18 Å². The maximum absolute atomic E-state index is 12.1. The molecule has 0 spiro atoms. The Bertz CT molecular complexity index is 406. The van der Waals surface area contributed by atoms with Crippen molar-refractivity contribution in [3.05, 3.63) is 34.9 Å². The van der Waals surface area contributed by atoms with Gasteiger partial charge in [-0.15, -0.1) is 0 Å². The molecular formula is C15H21ClF3NO. The fraction of sp³-hybridized carbons (Fsp3) is 0.600. The third-order valence-electron chi connectivity index (χ3n) is 2.88. The van der Waals surface area contributed by atoms with Crippen molar-refractivity contribution in [2.24, 2.45) is 0 Å². The van der Waals surface area contributed by atoms with Crippen molar-refractivity contribution in [3.8, 4) is 0 Å². The molecule has 0 saturated heterocycles. The summed E-state index contributed by atoms with van der Waals surface area (Å²) < 4.78 is 42.0. The van der Waals surface area contributed by atoms with Crippen LogP contribution in [-0.4, -0.2) is 25.4 Å². The fourth-order valence-electron chi connectivity index (χ4n) is 1.79. The van der Waals surface area contributed by atoms with Crippen LogP contribution in [0.1, 0.15) is 38.4 Å². The van der Waals surface area contributed by atoms with Crippen LogP contribution in [0.3, 0.4) is 0 Å². The second-order valence-electron chi connectivity index (χ2n) is 5.19. The van der Waals surface area contributed by atoms with E-state index in [1.54, 1.807) is 12.1 Å². The minimum absolute atomic E-state index is 0.0325. The van der Waals surface area contributed by atoms with Gasteiger partial charge in [0.2, 0.25) is 0 Å². The number of hydrogen-bond donors (Lipinski definition) is 1. The topological polar surface area (TPSA) is 21.3 Å². The van der Waals surface area contributed by atoms with Crippen LogP contribution in [0.4, 0.5) is 13.2 Å². The van der Waals surface area contributed by atoms with Crippen LogP contribution in [0, 0.1) is 0 Å². The van der Waals surface area contributed by atoms with Gasteiger partial charge in [0.05, 0.1) is 6.10 Å². The molecule has 0 heterocycles. The van der Waals surface area contributed by atoms with Gasteiger partial charge in [-0.3, -0.25) is 0 Å². The monoisotopic (exact) mass is 323 g/mol. The Balaban J connectivity index is 2.54. The molecule has 1 aromatic rings. The van der Waals surface area contributed by atoms with Gasteiger partial charge in [-0.2, -0.15) is 13.2 Å². The highest BCUT2D eigenvalue weighted by Gasteiger charge is 2.26. The molecule has 1 rings (SSSR count). The van der Waals surface area contributed by atoms with Gasteiger partial charge in [0.25, 0.3) is 0 Å². The van der Waals surface area contributed by atoms with Crippen molar-refractivity contribution >= 4 is 11.6 Å². The summed E-state index contributed by atoms with van der Waals surface area (Å²) in [6, 6.07) is 7.44. The van der Waals surface area contributed by atoms with Gasteiger partial charge in [0.15, 0.2) is 0 Å². The number of hydrogen-bond acceptors (Lipinski definition) is 2. The van der Waals surface area contributed by atoms with E-state index < -0.39 is 12.6 Å². The first kappa shape index (κ1) is 18.3. The third kappa shape index (κ3) is 8.29. The zero-order chi connectivity index (χ0) is 15.9. The molecule has 0 fully saturated rings. The minimum Gasteiger partial charge on any atom is -0.372 e. The Morgan fingerprint density at radius 1 is 1.19 bits per heavy atom. The number of benzene rings is 1. The summed E-state index contributed by atoms with van der Waals surface area (Å²) in [4.78, 5) is 0. The molecule has 2 nitrogen and oxygen atoms in total. The summed E-state index contributed by atoms with van der Waals surface area (Å²) in [5.41, 5.74) is 0.902. The Morgan fingerprint density at radius 2 is 1.81 bits per heavy atom. The Hall–Kier alpha value is -0.780. The lowest BCUT2D eigenvalue weighted by atomic mass is 10.1. The van der Waals surface area contributed by atoms with Crippen molar-refractivity contribution in [1.82, 2.24) is 5.32 Å². The number of alkyl halides is 3. The van der Waals surface area contributed by atoms with E-state index in [4.69, 9.17) is 16.3 Å². The van der Waals surface area contributed by atoms with Crippen LogP contribution in [0.15, 0.2) is 24.3 Å². The molecule has 1 aromatic carbocycles. The number of ether oxygens (including phenoxy) is 1. The summed E-state index contributed by atoms with van der Waals surface area (Å²) >= 11 is 5.84. The van der Waals surface area contributed by atoms with E-state index in [2.05, 4.69) is 5.32 Å². The highest BCUT2D eigenvalue weighted by Crippen LogP contribution is 2.23. The first-order chi connectivity index (χ1) is 9.78. The second-order valence-corrected chi connectivity index (χ2v) is 5.63. The van der Waals surface area contributed by atoms with E-state index in [9.17, 15) is 13.2 Å². The van der Waals surface area contributed by atoms with E-state index in [1.165, 1.54) is 0 Å². The van der Waals surface area contributed by atoms with Crippen LogP contribution in [0.25, 0.3) is 0 Å². The summed E-state index contributed by atoms with van der Waals surface area (Å²) in [5.74, 6) is 0. The van der Waals surface area contributed by atoms with Crippen LogP contribution >= 0.6 is 11.6 Å². The van der Waals surface area contributed by atoms with Crippen LogP contribution in [0.2, 0.25) is 5.02 Å². The molecule has 1 atom stereocenters. The van der Waals surface area contributed by atoms with Crippen molar-refractivity contribution < 1.29 is 17.9 Å². The zero-order valence-electron chi connectivity index (χ0n) is 12.2. The van der Waals surface area contributed by atoms with Crippen molar-refractivity contribution in [2.45, 2.75) is 45.0 Å². The molecule has 1 N–H and O–H groups in total. The summed E-state index contributed by atoms with van der Waals surface area (Å²) in [7, 11) is 0. The Morgan fingerprint density at radius 3 is 2.33 bits per heavy atom. The predicted octanol–water partition coefficient (Wildman–Crippen LogP) is 4.74. The maximum Gasteiger partial charge on any atom is 0.389 e. The first-order valence-electron chi connectivity index (χ1n) is 6.95. The second kappa shape index (κ2) is 8.61. The number of nitrogens with one attached hydrogen (secondary N) is 1. The van der Waals surface area contributed by atoms with E-state index in [1.807, 2.05) is 26.0 Å². The molecule has 0 aliphatic heterocycles. The largest absolute Gasteiger partial charge is 0.389 e. The van der Waals surface area contributed by atoms with Gasteiger partial charge in [0, 0.05) is 30.6 Å². The van der Waals surface area contributed by atoms with E-state index >= 15 is 0 Å². The number of rotatable bonds is 8. The average Bonchev–Trinajstić information content (AvgIpc) is 2.38. The molecule has 0 bridgehead atoms. The lowest BCUT2D eigenvalue weighted by Gasteiger charge is -2.21. The van der Waals surface area contributed by atoms with Gasteiger partial charge in [-0.25, -0.2) is 0 Å². The van der Waals surface area contributed by atoms with Crippen LogP contribution < -0.4 is 5.32 Å². The van der Waals surface area contributed by atoms with Crippen molar-refractivity contribution in [1.29, 1.82) is 0 Å². The van der Waals surface area contributed by atoms with Crippen molar-refractivity contribution in [2.75, 3.05) is 13.2 Å². The molecule has 0 amide bonds. The SMILES string of the molecule is CC(C)NCC(OCCCC(F)(F)F)c1ccc(Cl)cc1. The third-order valence-corrected chi connectivity index (χ3v) is 3.13. The maximum atomic E-state index is 12.1. The average molecular weight is 324 g/mol. The molecule has 0 aliphatic carbocycles. The fourth-order valence-corrected chi connectivity index (χ4v) is 1.92. The van der Waals surface area contributed by atoms with Gasteiger partial charge in [-0.1, -0.05) is 37.6 Å². The molecule has 0 radical (unpaired) electrons. The molecule has 1 unspecified atom stereocenters. The Labute approximate surface area is 128 Å². The lowest BCUT2D eigenvalue weighted by molar-refractivity contribution is -0.138. The number of halogens is 4.